The third-order valence-electron chi connectivity index (χ3n) is 4.70. The Morgan fingerprint density at radius 3 is 2.00 bits per heavy atom. The zero-order chi connectivity index (χ0) is 15.2. The fourth-order valence-corrected chi connectivity index (χ4v) is 3.65. The summed E-state index contributed by atoms with van der Waals surface area (Å²) in [7, 11) is 0. The van der Waals surface area contributed by atoms with Gasteiger partial charge in [0.05, 0.1) is 12.2 Å². The van der Waals surface area contributed by atoms with Crippen LogP contribution in [-0.4, -0.2) is 17.0 Å². The van der Waals surface area contributed by atoms with E-state index in [0.717, 1.165) is 11.1 Å². The van der Waals surface area contributed by atoms with Crippen molar-refractivity contribution in [3.05, 3.63) is 84.1 Å². The number of hydrogen-bond donors (Lipinski definition) is 1. The normalized spacial score (nSPS) is 29.3. The predicted octanol–water partition coefficient (Wildman–Crippen LogP) is 3.20. The lowest BCUT2D eigenvalue weighted by Gasteiger charge is -2.59. The van der Waals surface area contributed by atoms with E-state index >= 15 is 0 Å². The molecule has 2 heterocycles. The maximum Gasteiger partial charge on any atom is 0.246 e. The Balaban J connectivity index is 1.88. The van der Waals surface area contributed by atoms with E-state index in [9.17, 15) is 5.11 Å². The third kappa shape index (κ3) is 1.58. The van der Waals surface area contributed by atoms with Crippen LogP contribution in [0, 0.1) is 5.92 Å². The SMILES string of the molecule is C[C@@H](O)[C@@]12OC=C[C@@H]1C(c1ccccc1)(c1ccccc1)O2. The standard InChI is InChI=1S/C19H18O3/c1-14(20)19-17(12-13-21-19)18(22-19,15-8-4-2-5-9-15)16-10-6-3-7-11-16/h2-14,17,20H,1H3/t14-,17-,19+/m1/s1. The quantitative estimate of drug-likeness (QED) is 0.945. The molecule has 3 atom stereocenters. The van der Waals surface area contributed by atoms with Gasteiger partial charge in [0, 0.05) is 0 Å². The van der Waals surface area contributed by atoms with Gasteiger partial charge in [0.2, 0.25) is 5.79 Å². The zero-order valence-electron chi connectivity index (χ0n) is 12.3. The molecule has 22 heavy (non-hydrogen) atoms. The Bertz CT molecular complexity index is 654. The number of ether oxygens (including phenoxy) is 2. The van der Waals surface area contributed by atoms with Crippen LogP contribution in [-0.2, 0) is 15.1 Å². The van der Waals surface area contributed by atoms with E-state index in [-0.39, 0.29) is 5.92 Å². The Kier molecular flexibility index (Phi) is 2.90. The Labute approximate surface area is 129 Å². The van der Waals surface area contributed by atoms with Gasteiger partial charge in [-0.05, 0) is 24.1 Å². The van der Waals surface area contributed by atoms with Crippen LogP contribution < -0.4 is 0 Å². The first kappa shape index (κ1) is 13.6. The summed E-state index contributed by atoms with van der Waals surface area (Å²) in [4.78, 5) is 0. The largest absolute Gasteiger partial charge is 0.467 e. The molecule has 3 nitrogen and oxygen atoms in total. The lowest BCUT2D eigenvalue weighted by atomic mass is 9.66. The molecule has 4 rings (SSSR count). The molecule has 0 unspecified atom stereocenters. The van der Waals surface area contributed by atoms with Gasteiger partial charge in [-0.2, -0.15) is 0 Å². The highest BCUT2D eigenvalue weighted by Gasteiger charge is 2.71. The van der Waals surface area contributed by atoms with Gasteiger partial charge in [0.15, 0.2) is 0 Å². The fourth-order valence-electron chi connectivity index (χ4n) is 3.65. The van der Waals surface area contributed by atoms with Crippen LogP contribution in [0.3, 0.4) is 0 Å². The Morgan fingerprint density at radius 1 is 0.955 bits per heavy atom. The van der Waals surface area contributed by atoms with Gasteiger partial charge in [0.25, 0.3) is 0 Å². The van der Waals surface area contributed by atoms with E-state index in [1.165, 1.54) is 0 Å². The monoisotopic (exact) mass is 294 g/mol. The molecule has 1 N–H and O–H groups in total. The minimum absolute atomic E-state index is 0.0650. The van der Waals surface area contributed by atoms with Gasteiger partial charge in [0.1, 0.15) is 11.7 Å². The van der Waals surface area contributed by atoms with Crippen molar-refractivity contribution in [1.29, 1.82) is 0 Å². The van der Waals surface area contributed by atoms with Crippen LogP contribution in [0.2, 0.25) is 0 Å². The second-order valence-corrected chi connectivity index (χ2v) is 5.89. The number of aliphatic hydroxyl groups excluding tert-OH is 1. The molecule has 2 aliphatic heterocycles. The lowest BCUT2D eigenvalue weighted by molar-refractivity contribution is -0.408. The van der Waals surface area contributed by atoms with Crippen molar-refractivity contribution >= 4 is 0 Å². The summed E-state index contributed by atoms with van der Waals surface area (Å²) in [5, 5.41) is 10.2. The van der Waals surface area contributed by atoms with Crippen LogP contribution in [0.25, 0.3) is 0 Å². The van der Waals surface area contributed by atoms with Crippen LogP contribution >= 0.6 is 0 Å². The number of aliphatic hydroxyl groups is 1. The van der Waals surface area contributed by atoms with Gasteiger partial charge >= 0.3 is 0 Å². The molecule has 0 saturated carbocycles. The molecule has 0 aromatic heterocycles. The van der Waals surface area contributed by atoms with E-state index in [1.54, 1.807) is 13.2 Å². The molecule has 2 aliphatic rings. The molecule has 0 radical (unpaired) electrons. The molecule has 0 bridgehead atoms. The van der Waals surface area contributed by atoms with E-state index in [1.807, 2.05) is 42.5 Å². The second kappa shape index (κ2) is 4.70. The molecule has 3 heteroatoms. The van der Waals surface area contributed by atoms with E-state index in [4.69, 9.17) is 9.47 Å². The molecular weight excluding hydrogens is 276 g/mol. The fraction of sp³-hybridized carbons (Fsp3) is 0.263. The number of rotatable bonds is 3. The average molecular weight is 294 g/mol. The summed E-state index contributed by atoms with van der Waals surface area (Å²) in [6.07, 6.45) is 2.93. The number of benzene rings is 2. The molecule has 0 amide bonds. The van der Waals surface area contributed by atoms with Gasteiger partial charge in [-0.15, -0.1) is 0 Å². The summed E-state index contributed by atoms with van der Waals surface area (Å²) < 4.78 is 12.0. The molecule has 1 saturated heterocycles. The summed E-state index contributed by atoms with van der Waals surface area (Å²) in [5.74, 6) is -1.05. The van der Waals surface area contributed by atoms with E-state index < -0.39 is 17.5 Å². The van der Waals surface area contributed by atoms with Gasteiger partial charge < -0.3 is 14.6 Å². The van der Waals surface area contributed by atoms with Crippen LogP contribution in [0.15, 0.2) is 73.0 Å². The van der Waals surface area contributed by atoms with Crippen molar-refractivity contribution in [3.8, 4) is 0 Å². The topological polar surface area (TPSA) is 38.7 Å². The minimum atomic E-state index is -0.980. The Morgan fingerprint density at radius 2 is 1.50 bits per heavy atom. The van der Waals surface area contributed by atoms with Crippen LogP contribution in [0.5, 0.6) is 0 Å². The van der Waals surface area contributed by atoms with Gasteiger partial charge in [-0.1, -0.05) is 60.7 Å². The molecule has 2 aromatic carbocycles. The van der Waals surface area contributed by atoms with Crippen LogP contribution in [0.4, 0.5) is 0 Å². The summed E-state index contributed by atoms with van der Waals surface area (Å²) in [5.41, 5.74) is 1.52. The van der Waals surface area contributed by atoms with Crippen molar-refractivity contribution in [1.82, 2.24) is 0 Å². The minimum Gasteiger partial charge on any atom is -0.467 e. The Hall–Kier alpha value is -2.10. The number of fused-ring (bicyclic) bond motifs is 1. The van der Waals surface area contributed by atoms with E-state index in [2.05, 4.69) is 24.3 Å². The molecular formula is C19H18O3. The molecule has 0 spiro atoms. The van der Waals surface area contributed by atoms with Crippen LogP contribution in [0.1, 0.15) is 18.1 Å². The summed E-state index contributed by atoms with van der Waals surface area (Å²) in [6.45, 7) is 1.71. The first-order valence-electron chi connectivity index (χ1n) is 7.54. The maximum absolute atomic E-state index is 10.2. The highest BCUT2D eigenvalue weighted by atomic mass is 16.7. The summed E-state index contributed by atoms with van der Waals surface area (Å²) >= 11 is 0. The van der Waals surface area contributed by atoms with Crippen molar-refractivity contribution < 1.29 is 14.6 Å². The summed E-state index contributed by atoms with van der Waals surface area (Å²) in [6, 6.07) is 20.2. The maximum atomic E-state index is 10.2. The number of hydrogen-bond acceptors (Lipinski definition) is 3. The highest BCUT2D eigenvalue weighted by Crippen LogP contribution is 2.61. The van der Waals surface area contributed by atoms with Crippen molar-refractivity contribution in [2.45, 2.75) is 24.4 Å². The second-order valence-electron chi connectivity index (χ2n) is 5.89. The van der Waals surface area contributed by atoms with Gasteiger partial charge in [-0.3, -0.25) is 0 Å². The van der Waals surface area contributed by atoms with Crippen molar-refractivity contribution in [2.75, 3.05) is 0 Å². The predicted molar refractivity (Wildman–Crippen MR) is 82.9 cm³/mol. The van der Waals surface area contributed by atoms with Crippen molar-refractivity contribution in [3.63, 3.8) is 0 Å². The zero-order valence-corrected chi connectivity index (χ0v) is 12.3. The van der Waals surface area contributed by atoms with E-state index in [0.29, 0.717) is 0 Å². The first-order chi connectivity index (χ1) is 10.7. The lowest BCUT2D eigenvalue weighted by Crippen LogP contribution is -2.69. The average Bonchev–Trinajstić information content (AvgIpc) is 2.89. The smallest absolute Gasteiger partial charge is 0.246 e. The molecule has 0 aliphatic carbocycles. The third-order valence-corrected chi connectivity index (χ3v) is 4.70. The van der Waals surface area contributed by atoms with Gasteiger partial charge in [-0.25, -0.2) is 0 Å². The van der Waals surface area contributed by atoms with Crippen molar-refractivity contribution in [2.24, 2.45) is 5.92 Å². The molecule has 2 aromatic rings. The first-order valence-corrected chi connectivity index (χ1v) is 7.54. The molecule has 1 fully saturated rings. The molecule has 112 valence electrons. The highest BCUT2D eigenvalue weighted by molar-refractivity contribution is 5.44.